The number of ether oxygens (including phenoxy) is 1. The summed E-state index contributed by atoms with van der Waals surface area (Å²) < 4.78 is 6.64. The predicted octanol–water partition coefficient (Wildman–Crippen LogP) is 1.11. The number of hydrogen-bond donors (Lipinski definition) is 0. The van der Waals surface area contributed by atoms with Gasteiger partial charge in [0.1, 0.15) is 5.56 Å². The molecule has 2 rings (SSSR count). The quantitative estimate of drug-likeness (QED) is 0.765. The summed E-state index contributed by atoms with van der Waals surface area (Å²) in [5.74, 6) is -0.239. The fraction of sp³-hybridized carbons (Fsp3) is 0.615. The Morgan fingerprint density at radius 2 is 2.26 bits per heavy atom. The topological polar surface area (TPSA) is 64.4 Å². The molecule has 19 heavy (non-hydrogen) atoms. The van der Waals surface area contributed by atoms with E-state index in [4.69, 9.17) is 4.74 Å². The van der Waals surface area contributed by atoms with Crippen LogP contribution in [0, 0.1) is 0 Å². The number of rotatable bonds is 4. The van der Waals surface area contributed by atoms with E-state index in [0.717, 1.165) is 25.1 Å². The van der Waals surface area contributed by atoms with Crippen LogP contribution in [0.2, 0.25) is 0 Å². The molecule has 0 unspecified atom stereocenters. The number of esters is 1. The Labute approximate surface area is 112 Å². The van der Waals surface area contributed by atoms with Gasteiger partial charge in [-0.2, -0.15) is 5.10 Å². The zero-order valence-corrected chi connectivity index (χ0v) is 11.4. The summed E-state index contributed by atoms with van der Waals surface area (Å²) in [6.07, 6.45) is 4.05. The van der Waals surface area contributed by atoms with E-state index in [0.29, 0.717) is 25.1 Å². The van der Waals surface area contributed by atoms with Gasteiger partial charge in [0.25, 0.3) is 0 Å². The number of likely N-dealkylation sites (tertiary alicyclic amines) is 1. The van der Waals surface area contributed by atoms with Crippen molar-refractivity contribution in [2.45, 2.75) is 32.7 Å². The summed E-state index contributed by atoms with van der Waals surface area (Å²) in [6.45, 7) is 3.26. The second-order valence-electron chi connectivity index (χ2n) is 4.62. The number of aryl methyl sites for hydroxylation is 1. The maximum atomic E-state index is 11.8. The van der Waals surface area contributed by atoms with Gasteiger partial charge in [-0.05, 0) is 19.8 Å². The maximum absolute atomic E-state index is 11.8. The average molecular weight is 265 g/mol. The zero-order chi connectivity index (χ0) is 13.8. The molecule has 1 aliphatic heterocycles. The lowest BCUT2D eigenvalue weighted by Crippen LogP contribution is -2.35. The van der Waals surface area contributed by atoms with E-state index in [9.17, 15) is 9.59 Å². The highest BCUT2D eigenvalue weighted by atomic mass is 16.5. The second-order valence-corrected chi connectivity index (χ2v) is 4.62. The van der Waals surface area contributed by atoms with Gasteiger partial charge >= 0.3 is 5.97 Å². The van der Waals surface area contributed by atoms with Gasteiger partial charge in [-0.25, -0.2) is 4.79 Å². The monoisotopic (exact) mass is 265 g/mol. The summed E-state index contributed by atoms with van der Waals surface area (Å²) >= 11 is 0. The molecule has 0 saturated carbocycles. The molecular weight excluding hydrogens is 246 g/mol. The lowest BCUT2D eigenvalue weighted by atomic mass is 10.1. The molecule has 1 aromatic rings. The molecule has 104 valence electrons. The minimum atomic E-state index is -0.380. The Kier molecular flexibility index (Phi) is 4.19. The molecule has 1 aliphatic rings. The molecule has 1 amide bonds. The van der Waals surface area contributed by atoms with Gasteiger partial charge in [0.05, 0.1) is 25.0 Å². The third-order valence-corrected chi connectivity index (χ3v) is 3.32. The van der Waals surface area contributed by atoms with E-state index in [-0.39, 0.29) is 11.9 Å². The van der Waals surface area contributed by atoms with E-state index in [1.165, 1.54) is 6.20 Å². The van der Waals surface area contributed by atoms with Gasteiger partial charge in [-0.3, -0.25) is 9.48 Å². The molecule has 0 radical (unpaired) electrons. The fourth-order valence-corrected chi connectivity index (χ4v) is 2.24. The first kappa shape index (κ1) is 13.6. The Balaban J connectivity index is 2.17. The van der Waals surface area contributed by atoms with Crippen LogP contribution in [0.5, 0.6) is 0 Å². The van der Waals surface area contributed by atoms with Crippen LogP contribution >= 0.6 is 0 Å². The lowest BCUT2D eigenvalue weighted by Gasteiger charge is -2.26. The van der Waals surface area contributed by atoms with Crippen LogP contribution in [-0.2, 0) is 23.1 Å². The lowest BCUT2D eigenvalue weighted by molar-refractivity contribution is -0.134. The Morgan fingerprint density at radius 1 is 1.47 bits per heavy atom. The first-order valence-electron chi connectivity index (χ1n) is 6.59. The SMILES string of the molecule is CCOC(=O)c1cnn(C)c1CN1CCCCC1=O. The molecule has 6 heteroatoms. The van der Waals surface area contributed by atoms with E-state index in [1.807, 2.05) is 0 Å². The Hall–Kier alpha value is -1.85. The molecule has 0 spiro atoms. The zero-order valence-electron chi connectivity index (χ0n) is 11.4. The Bertz CT molecular complexity index is 481. The first-order valence-corrected chi connectivity index (χ1v) is 6.59. The van der Waals surface area contributed by atoms with E-state index < -0.39 is 0 Å². The van der Waals surface area contributed by atoms with Crippen molar-refractivity contribution in [1.82, 2.24) is 14.7 Å². The van der Waals surface area contributed by atoms with Gasteiger partial charge in [0.15, 0.2) is 0 Å². The normalized spacial score (nSPS) is 15.7. The molecule has 0 bridgehead atoms. The van der Waals surface area contributed by atoms with Crippen LogP contribution in [0.1, 0.15) is 42.2 Å². The number of carbonyl (C=O) groups is 2. The molecule has 0 aromatic carbocycles. The van der Waals surface area contributed by atoms with Crippen LogP contribution < -0.4 is 0 Å². The largest absolute Gasteiger partial charge is 0.462 e. The smallest absolute Gasteiger partial charge is 0.341 e. The highest BCUT2D eigenvalue weighted by molar-refractivity contribution is 5.90. The van der Waals surface area contributed by atoms with Gasteiger partial charge in [0.2, 0.25) is 5.91 Å². The van der Waals surface area contributed by atoms with Crippen molar-refractivity contribution >= 4 is 11.9 Å². The van der Waals surface area contributed by atoms with Gasteiger partial charge in [-0.1, -0.05) is 0 Å². The minimum absolute atomic E-state index is 0.141. The molecule has 1 saturated heterocycles. The van der Waals surface area contributed by atoms with Crippen molar-refractivity contribution in [3.8, 4) is 0 Å². The minimum Gasteiger partial charge on any atom is -0.462 e. The summed E-state index contributed by atoms with van der Waals surface area (Å²) in [6, 6.07) is 0. The van der Waals surface area contributed by atoms with Crippen molar-refractivity contribution in [3.05, 3.63) is 17.5 Å². The predicted molar refractivity (Wildman–Crippen MR) is 68.4 cm³/mol. The van der Waals surface area contributed by atoms with Crippen LogP contribution in [0.15, 0.2) is 6.20 Å². The van der Waals surface area contributed by atoms with Crippen LogP contribution in [0.4, 0.5) is 0 Å². The number of nitrogens with zero attached hydrogens (tertiary/aromatic N) is 3. The third kappa shape index (κ3) is 2.94. The van der Waals surface area contributed by atoms with Crippen LogP contribution in [0.25, 0.3) is 0 Å². The van der Waals surface area contributed by atoms with E-state index in [2.05, 4.69) is 5.10 Å². The maximum Gasteiger partial charge on any atom is 0.341 e. The number of amides is 1. The van der Waals surface area contributed by atoms with Crippen LogP contribution in [0.3, 0.4) is 0 Å². The number of piperidine rings is 1. The highest BCUT2D eigenvalue weighted by Crippen LogP contribution is 2.17. The summed E-state index contributed by atoms with van der Waals surface area (Å²) in [4.78, 5) is 25.4. The summed E-state index contributed by atoms with van der Waals surface area (Å²) in [7, 11) is 1.77. The number of carbonyl (C=O) groups excluding carboxylic acids is 2. The molecule has 0 aliphatic carbocycles. The van der Waals surface area contributed by atoms with Gasteiger partial charge < -0.3 is 9.64 Å². The van der Waals surface area contributed by atoms with Gasteiger partial charge in [-0.15, -0.1) is 0 Å². The standard InChI is InChI=1S/C13H19N3O3/c1-3-19-13(18)10-8-14-15(2)11(10)9-16-7-5-4-6-12(16)17/h8H,3-7,9H2,1-2H3. The molecule has 2 heterocycles. The van der Waals surface area contributed by atoms with Crippen molar-refractivity contribution in [2.24, 2.45) is 7.05 Å². The molecular formula is C13H19N3O3. The van der Waals surface area contributed by atoms with Crippen molar-refractivity contribution in [3.63, 3.8) is 0 Å². The van der Waals surface area contributed by atoms with Crippen molar-refractivity contribution in [1.29, 1.82) is 0 Å². The molecule has 0 N–H and O–H groups in total. The molecule has 6 nitrogen and oxygen atoms in total. The summed E-state index contributed by atoms with van der Waals surface area (Å²) in [5.41, 5.74) is 1.18. The third-order valence-electron chi connectivity index (χ3n) is 3.32. The number of hydrogen-bond acceptors (Lipinski definition) is 4. The molecule has 1 aromatic heterocycles. The molecule has 0 atom stereocenters. The Morgan fingerprint density at radius 3 is 2.95 bits per heavy atom. The average Bonchev–Trinajstić information content (AvgIpc) is 2.74. The van der Waals surface area contributed by atoms with Crippen LogP contribution in [-0.4, -0.2) is 39.7 Å². The molecule has 1 fully saturated rings. The first-order chi connectivity index (χ1) is 9.13. The van der Waals surface area contributed by atoms with E-state index >= 15 is 0 Å². The fourth-order valence-electron chi connectivity index (χ4n) is 2.24. The highest BCUT2D eigenvalue weighted by Gasteiger charge is 2.23. The second kappa shape index (κ2) is 5.86. The summed E-state index contributed by atoms with van der Waals surface area (Å²) in [5, 5.41) is 4.09. The van der Waals surface area contributed by atoms with Crippen molar-refractivity contribution < 1.29 is 14.3 Å². The van der Waals surface area contributed by atoms with Crippen molar-refractivity contribution in [2.75, 3.05) is 13.2 Å². The number of aromatic nitrogens is 2. The van der Waals surface area contributed by atoms with Gasteiger partial charge in [0, 0.05) is 20.0 Å². The van der Waals surface area contributed by atoms with E-state index in [1.54, 1.807) is 23.6 Å².